The van der Waals surface area contributed by atoms with Crippen molar-refractivity contribution in [2.75, 3.05) is 36.4 Å². The van der Waals surface area contributed by atoms with Gasteiger partial charge >= 0.3 is 0 Å². The predicted octanol–water partition coefficient (Wildman–Crippen LogP) is 1.68. The molecule has 2 aromatic heterocycles. The number of rotatable bonds is 4. The highest BCUT2D eigenvalue weighted by atomic mass is 16.4. The summed E-state index contributed by atoms with van der Waals surface area (Å²) in [6, 6.07) is 9.61. The van der Waals surface area contributed by atoms with Crippen LogP contribution in [0.2, 0.25) is 0 Å². The molecule has 24 heavy (non-hydrogen) atoms. The summed E-state index contributed by atoms with van der Waals surface area (Å²) < 4.78 is 5.19. The Kier molecular flexibility index (Phi) is 4.03. The first-order valence-electron chi connectivity index (χ1n) is 7.81. The summed E-state index contributed by atoms with van der Waals surface area (Å²) in [6.07, 6.45) is 3.10. The van der Waals surface area contributed by atoms with E-state index in [2.05, 4.69) is 35.7 Å². The van der Waals surface area contributed by atoms with Gasteiger partial charge in [-0.1, -0.05) is 0 Å². The van der Waals surface area contributed by atoms with Crippen LogP contribution in [0.4, 0.5) is 17.5 Å². The zero-order chi connectivity index (χ0) is 16.2. The number of hydrogen-bond donors (Lipinski definition) is 2. The Hall–Kier alpha value is -3.00. The zero-order valence-electron chi connectivity index (χ0n) is 13.0. The summed E-state index contributed by atoms with van der Waals surface area (Å²) in [4.78, 5) is 11.2. The molecule has 0 atom stereocenters. The Labute approximate surface area is 139 Å². The van der Waals surface area contributed by atoms with E-state index in [1.54, 1.807) is 6.20 Å². The highest BCUT2D eigenvalue weighted by molar-refractivity contribution is 5.62. The fourth-order valence-electron chi connectivity index (χ4n) is 2.58. The van der Waals surface area contributed by atoms with Crippen LogP contribution in [0.15, 0.2) is 47.3 Å². The SMILES string of the molecule is c1cc(Nc2ccc(-c3nnco3)cc2)nc(N2CCNCC2)n1. The van der Waals surface area contributed by atoms with E-state index in [9.17, 15) is 0 Å². The zero-order valence-corrected chi connectivity index (χ0v) is 13.0. The Morgan fingerprint density at radius 2 is 1.92 bits per heavy atom. The molecule has 1 aliphatic rings. The molecule has 0 unspecified atom stereocenters. The summed E-state index contributed by atoms with van der Waals surface area (Å²) in [5, 5.41) is 14.2. The molecule has 0 spiro atoms. The maximum absolute atomic E-state index is 5.19. The fraction of sp³-hybridized carbons (Fsp3) is 0.250. The largest absolute Gasteiger partial charge is 0.423 e. The van der Waals surface area contributed by atoms with Crippen LogP contribution < -0.4 is 15.5 Å². The molecule has 0 radical (unpaired) electrons. The molecular formula is C16H17N7O. The van der Waals surface area contributed by atoms with Crippen molar-refractivity contribution in [3.63, 3.8) is 0 Å². The first-order valence-corrected chi connectivity index (χ1v) is 7.81. The summed E-state index contributed by atoms with van der Waals surface area (Å²) in [7, 11) is 0. The number of piperazine rings is 1. The van der Waals surface area contributed by atoms with Gasteiger partial charge in [0, 0.05) is 43.6 Å². The maximum atomic E-state index is 5.19. The fourth-order valence-corrected chi connectivity index (χ4v) is 2.58. The molecule has 1 saturated heterocycles. The molecule has 2 N–H and O–H groups in total. The van der Waals surface area contributed by atoms with Crippen LogP contribution in [0.3, 0.4) is 0 Å². The second-order valence-electron chi connectivity index (χ2n) is 5.43. The minimum absolute atomic E-state index is 0.504. The van der Waals surface area contributed by atoms with Crippen LogP contribution >= 0.6 is 0 Å². The standard InChI is InChI=1S/C16H17N7O/c1-3-13(4-2-12(1)15-22-19-11-24-15)20-14-5-6-18-16(21-14)23-9-7-17-8-10-23/h1-6,11,17H,7-10H2,(H,18,20,21). The first kappa shape index (κ1) is 14.6. The second-order valence-corrected chi connectivity index (χ2v) is 5.43. The lowest BCUT2D eigenvalue weighted by atomic mass is 10.2. The topological polar surface area (TPSA) is 92.0 Å². The van der Waals surface area contributed by atoms with Crippen molar-refractivity contribution < 1.29 is 4.42 Å². The van der Waals surface area contributed by atoms with E-state index >= 15 is 0 Å². The number of benzene rings is 1. The van der Waals surface area contributed by atoms with Crippen molar-refractivity contribution in [1.29, 1.82) is 0 Å². The second kappa shape index (κ2) is 6.63. The lowest BCUT2D eigenvalue weighted by Gasteiger charge is -2.27. The summed E-state index contributed by atoms with van der Waals surface area (Å²) >= 11 is 0. The summed E-state index contributed by atoms with van der Waals surface area (Å²) in [6.45, 7) is 3.75. The average molecular weight is 323 g/mol. The molecule has 0 bridgehead atoms. The average Bonchev–Trinajstić information content (AvgIpc) is 3.18. The lowest BCUT2D eigenvalue weighted by Crippen LogP contribution is -2.44. The van der Waals surface area contributed by atoms with Crippen molar-refractivity contribution in [2.45, 2.75) is 0 Å². The molecule has 1 fully saturated rings. The van der Waals surface area contributed by atoms with Gasteiger partial charge in [-0.25, -0.2) is 4.98 Å². The third kappa shape index (κ3) is 3.18. The molecule has 0 saturated carbocycles. The van der Waals surface area contributed by atoms with Crippen LogP contribution in [-0.2, 0) is 0 Å². The third-order valence-corrected chi connectivity index (χ3v) is 3.81. The van der Waals surface area contributed by atoms with E-state index < -0.39 is 0 Å². The number of anilines is 3. The maximum Gasteiger partial charge on any atom is 0.247 e. The number of aromatic nitrogens is 4. The van der Waals surface area contributed by atoms with Crippen LogP contribution in [0.1, 0.15) is 0 Å². The Balaban J connectivity index is 1.48. The van der Waals surface area contributed by atoms with E-state index in [4.69, 9.17) is 4.42 Å². The van der Waals surface area contributed by atoms with E-state index in [0.717, 1.165) is 49.2 Å². The minimum atomic E-state index is 0.504. The first-order chi connectivity index (χ1) is 11.9. The molecule has 1 aliphatic heterocycles. The van der Waals surface area contributed by atoms with Gasteiger partial charge in [0.2, 0.25) is 18.2 Å². The molecular weight excluding hydrogens is 306 g/mol. The Morgan fingerprint density at radius 3 is 2.67 bits per heavy atom. The van der Waals surface area contributed by atoms with Crippen molar-refractivity contribution in [2.24, 2.45) is 0 Å². The van der Waals surface area contributed by atoms with Gasteiger partial charge in [0.1, 0.15) is 5.82 Å². The van der Waals surface area contributed by atoms with E-state index in [-0.39, 0.29) is 0 Å². The molecule has 8 nitrogen and oxygen atoms in total. The highest BCUT2D eigenvalue weighted by Crippen LogP contribution is 2.21. The van der Waals surface area contributed by atoms with Gasteiger partial charge in [-0.3, -0.25) is 0 Å². The number of hydrogen-bond acceptors (Lipinski definition) is 8. The predicted molar refractivity (Wildman–Crippen MR) is 90.1 cm³/mol. The Morgan fingerprint density at radius 1 is 1.08 bits per heavy atom. The lowest BCUT2D eigenvalue weighted by molar-refractivity contribution is 0.568. The smallest absolute Gasteiger partial charge is 0.247 e. The third-order valence-electron chi connectivity index (χ3n) is 3.81. The molecule has 4 rings (SSSR count). The van der Waals surface area contributed by atoms with Crippen LogP contribution in [0.5, 0.6) is 0 Å². The molecule has 3 heterocycles. The van der Waals surface area contributed by atoms with Gasteiger partial charge < -0.3 is 20.0 Å². The Bertz CT molecular complexity index is 782. The summed E-state index contributed by atoms with van der Waals surface area (Å²) in [5.41, 5.74) is 1.81. The van der Waals surface area contributed by atoms with Crippen molar-refractivity contribution >= 4 is 17.5 Å². The molecule has 122 valence electrons. The monoisotopic (exact) mass is 323 g/mol. The quantitative estimate of drug-likeness (QED) is 0.749. The van der Waals surface area contributed by atoms with E-state index in [0.29, 0.717) is 5.89 Å². The van der Waals surface area contributed by atoms with Gasteiger partial charge in [0.25, 0.3) is 0 Å². The molecule has 3 aromatic rings. The molecule has 1 aromatic carbocycles. The highest BCUT2D eigenvalue weighted by Gasteiger charge is 2.13. The molecule has 8 heteroatoms. The van der Waals surface area contributed by atoms with Gasteiger partial charge in [0.05, 0.1) is 0 Å². The van der Waals surface area contributed by atoms with Crippen molar-refractivity contribution in [3.8, 4) is 11.5 Å². The molecule has 0 amide bonds. The van der Waals surface area contributed by atoms with E-state index in [1.807, 2.05) is 30.3 Å². The van der Waals surface area contributed by atoms with Crippen LogP contribution in [0, 0.1) is 0 Å². The normalized spacial score (nSPS) is 14.6. The van der Waals surface area contributed by atoms with Crippen molar-refractivity contribution in [1.82, 2.24) is 25.5 Å². The van der Waals surface area contributed by atoms with Crippen molar-refractivity contribution in [3.05, 3.63) is 42.9 Å². The van der Waals surface area contributed by atoms with Gasteiger partial charge in [-0.2, -0.15) is 4.98 Å². The number of nitrogens with one attached hydrogen (secondary N) is 2. The number of nitrogens with zero attached hydrogens (tertiary/aromatic N) is 5. The van der Waals surface area contributed by atoms with Crippen LogP contribution in [0.25, 0.3) is 11.5 Å². The van der Waals surface area contributed by atoms with Gasteiger partial charge in [0.15, 0.2) is 0 Å². The molecule has 0 aliphatic carbocycles. The van der Waals surface area contributed by atoms with E-state index in [1.165, 1.54) is 6.39 Å². The summed E-state index contributed by atoms with van der Waals surface area (Å²) in [5.74, 6) is 2.03. The van der Waals surface area contributed by atoms with Gasteiger partial charge in [-0.15, -0.1) is 10.2 Å². The van der Waals surface area contributed by atoms with Crippen LogP contribution in [-0.4, -0.2) is 46.3 Å². The minimum Gasteiger partial charge on any atom is -0.423 e. The van der Waals surface area contributed by atoms with Gasteiger partial charge in [-0.05, 0) is 30.3 Å².